The molecule has 0 aliphatic carbocycles. The van der Waals surface area contributed by atoms with E-state index in [1.807, 2.05) is 53.4 Å². The van der Waals surface area contributed by atoms with Gasteiger partial charge in [-0.1, -0.05) is 24.3 Å². The van der Waals surface area contributed by atoms with Crippen molar-refractivity contribution in [1.29, 1.82) is 0 Å². The van der Waals surface area contributed by atoms with Crippen LogP contribution in [0.4, 0.5) is 0 Å². The van der Waals surface area contributed by atoms with Crippen LogP contribution in [0.25, 0.3) is 0 Å². The SMILES string of the molecule is O=C(C[n+]1ccccc1)c1ccccc1S. The molecule has 2 nitrogen and oxygen atoms in total. The molecule has 3 heteroatoms. The minimum Gasteiger partial charge on any atom is -0.287 e. The molecule has 0 saturated heterocycles. The number of hydrogen-bond acceptors (Lipinski definition) is 2. The third-order valence-electron chi connectivity index (χ3n) is 2.31. The fourth-order valence-electron chi connectivity index (χ4n) is 1.50. The van der Waals surface area contributed by atoms with E-state index in [4.69, 9.17) is 0 Å². The molecule has 0 atom stereocenters. The van der Waals surface area contributed by atoms with Crippen molar-refractivity contribution < 1.29 is 9.36 Å². The van der Waals surface area contributed by atoms with E-state index in [9.17, 15) is 4.79 Å². The topological polar surface area (TPSA) is 20.9 Å². The fraction of sp³-hybridized carbons (Fsp3) is 0.0769. The Morgan fingerprint density at radius 3 is 2.44 bits per heavy atom. The van der Waals surface area contributed by atoms with Gasteiger partial charge < -0.3 is 0 Å². The third-order valence-corrected chi connectivity index (χ3v) is 2.70. The Morgan fingerprint density at radius 2 is 1.75 bits per heavy atom. The van der Waals surface area contributed by atoms with Crippen LogP contribution in [-0.2, 0) is 6.54 Å². The van der Waals surface area contributed by atoms with Gasteiger partial charge in [0.1, 0.15) is 0 Å². The number of nitrogens with zero attached hydrogens (tertiary/aromatic N) is 1. The molecule has 0 aliphatic rings. The lowest BCUT2D eigenvalue weighted by atomic mass is 10.1. The smallest absolute Gasteiger partial charge is 0.228 e. The maximum atomic E-state index is 12.0. The number of thiol groups is 1. The van der Waals surface area contributed by atoms with E-state index < -0.39 is 0 Å². The monoisotopic (exact) mass is 230 g/mol. The van der Waals surface area contributed by atoms with E-state index >= 15 is 0 Å². The van der Waals surface area contributed by atoms with Crippen LogP contribution in [0.1, 0.15) is 10.4 Å². The molecular formula is C13H12NOS+. The average Bonchev–Trinajstić information content (AvgIpc) is 2.31. The first-order valence-electron chi connectivity index (χ1n) is 5.02. The van der Waals surface area contributed by atoms with E-state index in [1.54, 1.807) is 6.07 Å². The Labute approximate surface area is 100.0 Å². The number of Topliss-reactive ketones (excluding diaryl/α,β-unsaturated/α-hetero) is 1. The molecule has 0 bridgehead atoms. The van der Waals surface area contributed by atoms with Crippen molar-refractivity contribution in [1.82, 2.24) is 0 Å². The second kappa shape index (κ2) is 4.94. The van der Waals surface area contributed by atoms with Crippen molar-refractivity contribution in [2.45, 2.75) is 11.4 Å². The molecule has 2 rings (SSSR count). The standard InChI is InChI=1S/C13H11NOS/c15-12(10-14-8-4-1-5-9-14)11-6-2-3-7-13(11)16/h1-9H,10H2/p+1. The predicted molar refractivity (Wildman–Crippen MR) is 64.7 cm³/mol. The van der Waals surface area contributed by atoms with Crippen LogP contribution < -0.4 is 4.57 Å². The van der Waals surface area contributed by atoms with Crippen LogP contribution in [0.5, 0.6) is 0 Å². The van der Waals surface area contributed by atoms with Gasteiger partial charge in [-0.05, 0) is 6.07 Å². The fourth-order valence-corrected chi connectivity index (χ4v) is 1.79. The summed E-state index contributed by atoms with van der Waals surface area (Å²) < 4.78 is 1.85. The predicted octanol–water partition coefficient (Wildman–Crippen LogP) is 2.15. The van der Waals surface area contributed by atoms with Crippen molar-refractivity contribution in [2.24, 2.45) is 0 Å². The highest BCUT2D eigenvalue weighted by atomic mass is 32.1. The Kier molecular flexibility index (Phi) is 3.37. The first-order valence-corrected chi connectivity index (χ1v) is 5.47. The first-order chi connectivity index (χ1) is 7.77. The number of benzene rings is 1. The lowest BCUT2D eigenvalue weighted by molar-refractivity contribution is -0.683. The summed E-state index contributed by atoms with van der Waals surface area (Å²) in [4.78, 5) is 12.7. The van der Waals surface area contributed by atoms with Crippen molar-refractivity contribution in [3.05, 3.63) is 60.4 Å². The van der Waals surface area contributed by atoms with Crippen LogP contribution >= 0.6 is 12.6 Å². The molecule has 1 heterocycles. The number of hydrogen-bond donors (Lipinski definition) is 1. The van der Waals surface area contributed by atoms with Gasteiger partial charge in [-0.15, -0.1) is 12.6 Å². The van der Waals surface area contributed by atoms with E-state index in [1.165, 1.54) is 0 Å². The normalized spacial score (nSPS) is 10.1. The molecule has 0 aliphatic heterocycles. The van der Waals surface area contributed by atoms with Gasteiger partial charge in [0.05, 0.1) is 0 Å². The quantitative estimate of drug-likeness (QED) is 0.487. The maximum Gasteiger partial charge on any atom is 0.228 e. The zero-order valence-electron chi connectivity index (χ0n) is 8.71. The number of aromatic nitrogens is 1. The summed E-state index contributed by atoms with van der Waals surface area (Å²) in [6, 6.07) is 13.1. The van der Waals surface area contributed by atoms with Gasteiger partial charge in [0.2, 0.25) is 12.3 Å². The minimum absolute atomic E-state index is 0.0711. The Balaban J connectivity index is 2.19. The van der Waals surface area contributed by atoms with Crippen LogP contribution in [0.2, 0.25) is 0 Å². The van der Waals surface area contributed by atoms with Crippen molar-refractivity contribution >= 4 is 18.4 Å². The van der Waals surface area contributed by atoms with Crippen molar-refractivity contribution in [3.63, 3.8) is 0 Å². The zero-order valence-corrected chi connectivity index (χ0v) is 9.60. The molecule has 0 spiro atoms. The molecule has 0 saturated carbocycles. The Morgan fingerprint density at radius 1 is 1.06 bits per heavy atom. The molecule has 0 N–H and O–H groups in total. The van der Waals surface area contributed by atoms with E-state index in [-0.39, 0.29) is 5.78 Å². The molecule has 0 unspecified atom stereocenters. The van der Waals surface area contributed by atoms with Crippen LogP contribution in [0.3, 0.4) is 0 Å². The molecule has 0 radical (unpaired) electrons. The van der Waals surface area contributed by atoms with Crippen LogP contribution in [0.15, 0.2) is 59.8 Å². The number of carbonyl (C=O) groups excluding carboxylic acids is 1. The first kappa shape index (κ1) is 10.9. The third kappa shape index (κ3) is 2.49. The Bertz CT molecular complexity index is 496. The van der Waals surface area contributed by atoms with Crippen molar-refractivity contribution in [3.8, 4) is 0 Å². The lowest BCUT2D eigenvalue weighted by Crippen LogP contribution is -2.36. The van der Waals surface area contributed by atoms with Gasteiger partial charge in [0, 0.05) is 22.6 Å². The number of pyridine rings is 1. The summed E-state index contributed by atoms with van der Waals surface area (Å²) in [5, 5.41) is 0. The summed E-state index contributed by atoms with van der Waals surface area (Å²) in [5.41, 5.74) is 0.669. The van der Waals surface area contributed by atoms with E-state index in [2.05, 4.69) is 12.6 Å². The number of carbonyl (C=O) groups is 1. The van der Waals surface area contributed by atoms with Gasteiger partial charge >= 0.3 is 0 Å². The molecular weight excluding hydrogens is 218 g/mol. The summed E-state index contributed by atoms with van der Waals surface area (Å²) in [5.74, 6) is 0.0711. The van der Waals surface area contributed by atoms with E-state index in [0.717, 1.165) is 4.90 Å². The largest absolute Gasteiger partial charge is 0.287 e. The summed E-state index contributed by atoms with van der Waals surface area (Å²) >= 11 is 4.27. The highest BCUT2D eigenvalue weighted by Crippen LogP contribution is 2.13. The second-order valence-electron chi connectivity index (χ2n) is 3.49. The highest BCUT2D eigenvalue weighted by Gasteiger charge is 2.13. The van der Waals surface area contributed by atoms with Gasteiger partial charge in [0.25, 0.3) is 0 Å². The van der Waals surface area contributed by atoms with Crippen LogP contribution in [0, 0.1) is 0 Å². The van der Waals surface area contributed by atoms with E-state index in [0.29, 0.717) is 12.1 Å². The van der Waals surface area contributed by atoms with Gasteiger partial charge in [-0.25, -0.2) is 0 Å². The zero-order chi connectivity index (χ0) is 11.4. The summed E-state index contributed by atoms with van der Waals surface area (Å²) in [7, 11) is 0. The molecule has 1 aromatic heterocycles. The summed E-state index contributed by atoms with van der Waals surface area (Å²) in [6.45, 7) is 0.346. The lowest BCUT2D eigenvalue weighted by Gasteiger charge is -2.00. The molecule has 16 heavy (non-hydrogen) atoms. The second-order valence-corrected chi connectivity index (χ2v) is 3.97. The molecule has 80 valence electrons. The number of rotatable bonds is 3. The average molecular weight is 230 g/mol. The van der Waals surface area contributed by atoms with Crippen molar-refractivity contribution in [2.75, 3.05) is 0 Å². The molecule has 0 amide bonds. The molecule has 1 aromatic carbocycles. The molecule has 0 fully saturated rings. The Hall–Kier alpha value is -1.61. The van der Waals surface area contributed by atoms with Crippen LogP contribution in [-0.4, -0.2) is 5.78 Å². The molecule has 2 aromatic rings. The summed E-state index contributed by atoms with van der Waals surface area (Å²) in [6.07, 6.45) is 3.75. The van der Waals surface area contributed by atoms with Gasteiger partial charge in [-0.2, -0.15) is 4.57 Å². The van der Waals surface area contributed by atoms with Gasteiger partial charge in [0.15, 0.2) is 12.4 Å². The highest BCUT2D eigenvalue weighted by molar-refractivity contribution is 7.80. The van der Waals surface area contributed by atoms with Gasteiger partial charge in [-0.3, -0.25) is 4.79 Å². The number of ketones is 1. The maximum absolute atomic E-state index is 12.0. The minimum atomic E-state index is 0.0711.